The number of carbonyl (C=O) groups excluding carboxylic acids is 1. The lowest BCUT2D eigenvalue weighted by molar-refractivity contribution is 0.0694. The van der Waals surface area contributed by atoms with Gasteiger partial charge in [-0.25, -0.2) is 4.39 Å². The highest BCUT2D eigenvalue weighted by atomic mass is 19.1. The minimum absolute atomic E-state index is 0.0443. The SMILES string of the molecule is Cc1ccccc1[C@H]1[C@H]2CN(Cc3cnn(C)c3)C[C@H]2CN1C(=O)c1ccccc1F. The zero-order chi connectivity index (χ0) is 21.5. The van der Waals surface area contributed by atoms with Gasteiger partial charge in [0.15, 0.2) is 0 Å². The monoisotopic (exact) mass is 418 g/mol. The molecule has 0 aliphatic carbocycles. The molecule has 3 heterocycles. The molecule has 31 heavy (non-hydrogen) atoms. The number of amides is 1. The molecule has 1 aromatic heterocycles. The predicted molar refractivity (Wildman–Crippen MR) is 117 cm³/mol. The van der Waals surface area contributed by atoms with E-state index >= 15 is 0 Å². The number of likely N-dealkylation sites (tertiary alicyclic amines) is 2. The second-order valence-corrected chi connectivity index (χ2v) is 8.88. The first-order chi connectivity index (χ1) is 15.0. The van der Waals surface area contributed by atoms with E-state index in [9.17, 15) is 9.18 Å². The van der Waals surface area contributed by atoms with Crippen molar-refractivity contribution in [2.75, 3.05) is 19.6 Å². The number of halogens is 1. The summed E-state index contributed by atoms with van der Waals surface area (Å²) < 4.78 is 16.3. The van der Waals surface area contributed by atoms with Crippen LogP contribution in [0.1, 0.15) is 33.1 Å². The molecule has 2 aliphatic rings. The Morgan fingerprint density at radius 2 is 1.87 bits per heavy atom. The maximum atomic E-state index is 14.4. The molecule has 5 rings (SSSR count). The zero-order valence-electron chi connectivity index (χ0n) is 17.9. The maximum Gasteiger partial charge on any atom is 0.257 e. The highest BCUT2D eigenvalue weighted by Crippen LogP contribution is 2.46. The van der Waals surface area contributed by atoms with Crippen LogP contribution < -0.4 is 0 Å². The largest absolute Gasteiger partial charge is 0.331 e. The molecule has 3 aromatic rings. The lowest BCUT2D eigenvalue weighted by atomic mass is 9.87. The van der Waals surface area contributed by atoms with Crippen molar-refractivity contribution in [3.8, 4) is 0 Å². The topological polar surface area (TPSA) is 41.4 Å². The number of hydrogen-bond donors (Lipinski definition) is 0. The van der Waals surface area contributed by atoms with Crippen LogP contribution in [0.5, 0.6) is 0 Å². The first-order valence-corrected chi connectivity index (χ1v) is 10.8. The zero-order valence-corrected chi connectivity index (χ0v) is 17.9. The minimum atomic E-state index is -0.453. The Hall–Kier alpha value is -2.99. The van der Waals surface area contributed by atoms with E-state index in [1.165, 1.54) is 22.8 Å². The van der Waals surface area contributed by atoms with Gasteiger partial charge < -0.3 is 4.90 Å². The van der Waals surface area contributed by atoms with Crippen molar-refractivity contribution in [3.63, 3.8) is 0 Å². The fourth-order valence-electron chi connectivity index (χ4n) is 5.39. The number of nitrogens with zero attached hydrogens (tertiary/aromatic N) is 4. The average molecular weight is 419 g/mol. The summed E-state index contributed by atoms with van der Waals surface area (Å²) in [4.78, 5) is 17.8. The van der Waals surface area contributed by atoms with Crippen molar-refractivity contribution in [2.45, 2.75) is 19.5 Å². The Bertz CT molecular complexity index is 1110. The quantitative estimate of drug-likeness (QED) is 0.647. The third-order valence-electron chi connectivity index (χ3n) is 6.78. The van der Waals surface area contributed by atoms with Gasteiger partial charge in [0.25, 0.3) is 5.91 Å². The van der Waals surface area contributed by atoms with Crippen molar-refractivity contribution in [1.82, 2.24) is 19.6 Å². The second-order valence-electron chi connectivity index (χ2n) is 8.88. The molecule has 0 radical (unpaired) electrons. The number of aryl methyl sites for hydroxylation is 2. The molecule has 0 saturated carbocycles. The number of carbonyl (C=O) groups is 1. The van der Waals surface area contributed by atoms with E-state index in [-0.39, 0.29) is 17.5 Å². The highest BCUT2D eigenvalue weighted by molar-refractivity contribution is 5.95. The standard InChI is InChI=1S/C25H27FN4O/c1-17-7-3-4-8-20(17)24-22-16-29(13-18-11-27-28(2)12-18)14-19(22)15-30(24)25(31)21-9-5-6-10-23(21)26/h3-12,19,22,24H,13-16H2,1-2H3/t19-,22-,24-/m0/s1. The van der Waals surface area contributed by atoms with Gasteiger partial charge >= 0.3 is 0 Å². The Morgan fingerprint density at radius 3 is 2.61 bits per heavy atom. The van der Waals surface area contributed by atoms with Crippen molar-refractivity contribution in [3.05, 3.63) is 89.0 Å². The molecule has 160 valence electrons. The van der Waals surface area contributed by atoms with Gasteiger partial charge in [-0.3, -0.25) is 14.4 Å². The molecular formula is C25H27FN4O. The lowest BCUT2D eigenvalue weighted by Crippen LogP contribution is -2.36. The second kappa shape index (κ2) is 7.93. The summed E-state index contributed by atoms with van der Waals surface area (Å²) in [5, 5.41) is 4.28. The minimum Gasteiger partial charge on any atom is -0.331 e. The van der Waals surface area contributed by atoms with Crippen LogP contribution in [0, 0.1) is 24.6 Å². The van der Waals surface area contributed by atoms with E-state index in [0.29, 0.717) is 18.4 Å². The summed E-state index contributed by atoms with van der Waals surface area (Å²) in [6, 6.07) is 14.5. The van der Waals surface area contributed by atoms with Crippen LogP contribution in [0.25, 0.3) is 0 Å². The van der Waals surface area contributed by atoms with Gasteiger partial charge in [0, 0.05) is 50.9 Å². The number of benzene rings is 2. The van der Waals surface area contributed by atoms with Gasteiger partial charge in [-0.05, 0) is 36.1 Å². The van der Waals surface area contributed by atoms with E-state index in [1.54, 1.807) is 18.2 Å². The summed E-state index contributed by atoms with van der Waals surface area (Å²) in [5.74, 6) is 0.0383. The van der Waals surface area contributed by atoms with Crippen LogP contribution in [0.4, 0.5) is 4.39 Å². The third-order valence-corrected chi connectivity index (χ3v) is 6.78. The van der Waals surface area contributed by atoms with Gasteiger partial charge in [-0.1, -0.05) is 36.4 Å². The lowest BCUT2D eigenvalue weighted by Gasteiger charge is -2.31. The first-order valence-electron chi connectivity index (χ1n) is 10.8. The van der Waals surface area contributed by atoms with Crippen molar-refractivity contribution in [2.24, 2.45) is 18.9 Å². The van der Waals surface area contributed by atoms with Crippen LogP contribution in [-0.4, -0.2) is 45.1 Å². The molecule has 5 nitrogen and oxygen atoms in total. The van der Waals surface area contributed by atoms with Gasteiger partial charge in [0.1, 0.15) is 5.82 Å². The number of hydrogen-bond acceptors (Lipinski definition) is 3. The summed E-state index contributed by atoms with van der Waals surface area (Å²) in [6.07, 6.45) is 3.97. The van der Waals surface area contributed by atoms with Gasteiger partial charge in [-0.2, -0.15) is 5.10 Å². The normalized spacial score (nSPS) is 23.3. The summed E-state index contributed by atoms with van der Waals surface area (Å²) in [6.45, 7) is 5.46. The van der Waals surface area contributed by atoms with Crippen LogP contribution in [-0.2, 0) is 13.6 Å². The molecule has 2 saturated heterocycles. The van der Waals surface area contributed by atoms with E-state index < -0.39 is 5.82 Å². The maximum absolute atomic E-state index is 14.4. The summed E-state index contributed by atoms with van der Waals surface area (Å²) in [7, 11) is 1.93. The molecule has 1 amide bonds. The third kappa shape index (κ3) is 3.65. The molecule has 0 spiro atoms. The van der Waals surface area contributed by atoms with Crippen molar-refractivity contribution in [1.29, 1.82) is 0 Å². The average Bonchev–Trinajstić information content (AvgIpc) is 3.43. The Morgan fingerprint density at radius 1 is 1.10 bits per heavy atom. The molecule has 6 heteroatoms. The predicted octanol–water partition coefficient (Wildman–Crippen LogP) is 3.81. The van der Waals surface area contributed by atoms with E-state index in [1.807, 2.05) is 35.0 Å². The van der Waals surface area contributed by atoms with Crippen LogP contribution in [0.3, 0.4) is 0 Å². The van der Waals surface area contributed by atoms with Crippen molar-refractivity contribution >= 4 is 5.91 Å². The fraction of sp³-hybridized carbons (Fsp3) is 0.360. The molecule has 0 bridgehead atoms. The number of fused-ring (bicyclic) bond motifs is 1. The Labute approximate surface area is 182 Å². The van der Waals surface area contributed by atoms with Gasteiger partial charge in [0.2, 0.25) is 0 Å². The number of rotatable bonds is 4. The van der Waals surface area contributed by atoms with Gasteiger partial charge in [0.05, 0.1) is 17.8 Å². The van der Waals surface area contributed by atoms with E-state index in [0.717, 1.165) is 19.6 Å². The van der Waals surface area contributed by atoms with E-state index in [2.05, 4.69) is 35.3 Å². The first kappa shape index (κ1) is 19.9. The molecule has 0 N–H and O–H groups in total. The molecule has 2 aliphatic heterocycles. The Kier molecular flexibility index (Phi) is 5.10. The fourth-order valence-corrected chi connectivity index (χ4v) is 5.39. The van der Waals surface area contributed by atoms with Crippen molar-refractivity contribution < 1.29 is 9.18 Å². The molecular weight excluding hydrogens is 391 g/mol. The van der Waals surface area contributed by atoms with E-state index in [4.69, 9.17) is 0 Å². The molecule has 2 aromatic carbocycles. The smallest absolute Gasteiger partial charge is 0.257 e. The summed E-state index contributed by atoms with van der Waals surface area (Å²) >= 11 is 0. The van der Waals surface area contributed by atoms with Crippen LogP contribution >= 0.6 is 0 Å². The summed E-state index contributed by atoms with van der Waals surface area (Å²) in [5.41, 5.74) is 3.70. The van der Waals surface area contributed by atoms with Crippen LogP contribution in [0.15, 0.2) is 60.9 Å². The highest BCUT2D eigenvalue weighted by Gasteiger charge is 2.49. The molecule has 3 atom stereocenters. The number of aromatic nitrogens is 2. The van der Waals surface area contributed by atoms with Gasteiger partial charge in [-0.15, -0.1) is 0 Å². The van der Waals surface area contributed by atoms with Crippen LogP contribution in [0.2, 0.25) is 0 Å². The molecule has 2 fully saturated rings. The Balaban J connectivity index is 1.45. The molecule has 0 unspecified atom stereocenters.